The fourth-order valence-electron chi connectivity index (χ4n) is 3.32. The molecule has 0 radical (unpaired) electrons. The molecule has 3 aromatic rings. The van der Waals surface area contributed by atoms with Crippen LogP contribution in [0.1, 0.15) is 12.8 Å². The number of rotatable bonds is 6. The van der Waals surface area contributed by atoms with Crippen molar-refractivity contribution in [2.75, 3.05) is 17.7 Å². The Bertz CT molecular complexity index is 1150. The molecule has 156 valence electrons. The van der Waals surface area contributed by atoms with Crippen LogP contribution in [0.2, 0.25) is 10.0 Å². The van der Waals surface area contributed by atoms with Crippen LogP contribution in [0.5, 0.6) is 0 Å². The Hall–Kier alpha value is -2.06. The highest BCUT2D eigenvalue weighted by Gasteiger charge is 2.20. The SMILES string of the molecule is O=C(CSc1nc2ccccc2c(=O)n1CC1CCCO1)Nc1ccc(Cl)cc1Cl. The number of hydrogen-bond acceptors (Lipinski definition) is 5. The number of para-hydroxylation sites is 1. The molecule has 1 N–H and O–H groups in total. The van der Waals surface area contributed by atoms with Gasteiger partial charge in [0, 0.05) is 11.6 Å². The van der Waals surface area contributed by atoms with Crippen LogP contribution < -0.4 is 10.9 Å². The predicted octanol–water partition coefficient (Wildman–Crippen LogP) is 4.61. The van der Waals surface area contributed by atoms with Gasteiger partial charge in [0.1, 0.15) is 0 Å². The van der Waals surface area contributed by atoms with Gasteiger partial charge in [-0.05, 0) is 43.2 Å². The fourth-order valence-corrected chi connectivity index (χ4v) is 4.58. The van der Waals surface area contributed by atoms with E-state index in [1.165, 1.54) is 11.8 Å². The molecule has 1 aromatic heterocycles. The van der Waals surface area contributed by atoms with E-state index in [0.717, 1.165) is 12.8 Å². The second kappa shape index (κ2) is 9.39. The first-order chi connectivity index (χ1) is 14.5. The van der Waals surface area contributed by atoms with Gasteiger partial charge in [-0.25, -0.2) is 4.98 Å². The fraction of sp³-hybridized carbons (Fsp3) is 0.286. The normalized spacial score (nSPS) is 16.1. The minimum Gasteiger partial charge on any atom is -0.376 e. The second-order valence-corrected chi connectivity index (χ2v) is 8.71. The highest BCUT2D eigenvalue weighted by Crippen LogP contribution is 2.26. The Morgan fingerprint density at radius 2 is 2.10 bits per heavy atom. The number of nitrogens with zero attached hydrogens (tertiary/aromatic N) is 2. The second-order valence-electron chi connectivity index (χ2n) is 6.92. The van der Waals surface area contributed by atoms with E-state index in [0.29, 0.717) is 44.9 Å². The average Bonchev–Trinajstić information content (AvgIpc) is 3.24. The zero-order valence-electron chi connectivity index (χ0n) is 15.9. The monoisotopic (exact) mass is 463 g/mol. The number of hydrogen-bond donors (Lipinski definition) is 1. The summed E-state index contributed by atoms with van der Waals surface area (Å²) in [5, 5.41) is 4.66. The summed E-state index contributed by atoms with van der Waals surface area (Å²) in [5.74, 6) is -0.176. The minimum absolute atomic E-state index is 0.0216. The van der Waals surface area contributed by atoms with Crippen molar-refractivity contribution in [2.45, 2.75) is 30.6 Å². The maximum Gasteiger partial charge on any atom is 0.262 e. The van der Waals surface area contributed by atoms with Crippen molar-refractivity contribution in [2.24, 2.45) is 0 Å². The van der Waals surface area contributed by atoms with Gasteiger partial charge in [-0.15, -0.1) is 0 Å². The summed E-state index contributed by atoms with van der Waals surface area (Å²) in [7, 11) is 0. The van der Waals surface area contributed by atoms with Gasteiger partial charge in [0.2, 0.25) is 5.91 Å². The third-order valence-corrected chi connectivity index (χ3v) is 6.30. The number of fused-ring (bicyclic) bond motifs is 1. The molecule has 1 aliphatic heterocycles. The maximum atomic E-state index is 13.1. The van der Waals surface area contributed by atoms with E-state index in [9.17, 15) is 9.59 Å². The van der Waals surface area contributed by atoms with E-state index in [1.807, 2.05) is 12.1 Å². The molecule has 1 saturated heterocycles. The number of amides is 1. The molecule has 2 aromatic carbocycles. The number of aromatic nitrogens is 2. The van der Waals surface area contributed by atoms with Gasteiger partial charge in [0.05, 0.1) is 40.0 Å². The number of carbonyl (C=O) groups excluding carboxylic acids is 1. The minimum atomic E-state index is -0.254. The lowest BCUT2D eigenvalue weighted by Crippen LogP contribution is -2.29. The molecule has 0 saturated carbocycles. The lowest BCUT2D eigenvalue weighted by atomic mass is 10.2. The average molecular weight is 464 g/mol. The first kappa shape index (κ1) is 21.2. The van der Waals surface area contributed by atoms with Crippen molar-refractivity contribution in [3.05, 3.63) is 62.9 Å². The zero-order chi connectivity index (χ0) is 21.1. The Kier molecular flexibility index (Phi) is 6.63. The first-order valence-corrected chi connectivity index (χ1v) is 11.2. The number of halogens is 2. The standard InChI is InChI=1S/C21H19Cl2N3O3S/c22-13-7-8-18(16(23)10-13)24-19(27)12-30-21-25-17-6-2-1-5-15(17)20(28)26(21)11-14-4-3-9-29-14/h1-2,5-8,10,14H,3-4,9,11-12H2,(H,24,27). The number of thioether (sulfide) groups is 1. The Labute approximate surface area is 187 Å². The Morgan fingerprint density at radius 3 is 2.87 bits per heavy atom. The van der Waals surface area contributed by atoms with Gasteiger partial charge in [0.25, 0.3) is 5.56 Å². The van der Waals surface area contributed by atoms with E-state index >= 15 is 0 Å². The van der Waals surface area contributed by atoms with Crippen LogP contribution in [0, 0.1) is 0 Å². The van der Waals surface area contributed by atoms with Crippen molar-refractivity contribution < 1.29 is 9.53 Å². The molecule has 2 heterocycles. The molecule has 1 atom stereocenters. The van der Waals surface area contributed by atoms with Gasteiger partial charge in [-0.3, -0.25) is 14.2 Å². The third-order valence-electron chi connectivity index (χ3n) is 4.77. The lowest BCUT2D eigenvalue weighted by Gasteiger charge is -2.16. The van der Waals surface area contributed by atoms with E-state index in [1.54, 1.807) is 34.9 Å². The Morgan fingerprint density at radius 1 is 1.27 bits per heavy atom. The van der Waals surface area contributed by atoms with Crippen LogP contribution in [0.4, 0.5) is 5.69 Å². The third kappa shape index (κ3) is 4.81. The number of nitrogens with one attached hydrogen (secondary N) is 1. The van der Waals surface area contributed by atoms with Crippen molar-refractivity contribution in [1.29, 1.82) is 0 Å². The van der Waals surface area contributed by atoms with E-state index < -0.39 is 0 Å². The molecule has 1 fully saturated rings. The van der Waals surface area contributed by atoms with Gasteiger partial charge >= 0.3 is 0 Å². The first-order valence-electron chi connectivity index (χ1n) is 9.50. The van der Waals surface area contributed by atoms with Crippen LogP contribution in [0.15, 0.2) is 52.4 Å². The molecular formula is C21H19Cl2N3O3S. The molecule has 0 aliphatic carbocycles. The quantitative estimate of drug-likeness (QED) is 0.426. The molecule has 1 amide bonds. The largest absolute Gasteiger partial charge is 0.376 e. The topological polar surface area (TPSA) is 73.2 Å². The van der Waals surface area contributed by atoms with Gasteiger partial charge in [-0.1, -0.05) is 47.1 Å². The van der Waals surface area contributed by atoms with Gasteiger partial charge in [-0.2, -0.15) is 0 Å². The molecule has 1 aliphatic rings. The van der Waals surface area contributed by atoms with E-state index in [2.05, 4.69) is 10.3 Å². The Balaban J connectivity index is 1.56. The predicted molar refractivity (Wildman–Crippen MR) is 121 cm³/mol. The van der Waals surface area contributed by atoms with Crippen LogP contribution in [-0.4, -0.2) is 33.9 Å². The summed E-state index contributed by atoms with van der Waals surface area (Å²) in [6, 6.07) is 12.1. The van der Waals surface area contributed by atoms with Crippen molar-refractivity contribution in [3.8, 4) is 0 Å². The highest BCUT2D eigenvalue weighted by atomic mass is 35.5. The molecular weight excluding hydrogens is 445 g/mol. The lowest BCUT2D eigenvalue weighted by molar-refractivity contribution is -0.113. The number of carbonyl (C=O) groups is 1. The van der Waals surface area contributed by atoms with Crippen molar-refractivity contribution in [3.63, 3.8) is 0 Å². The summed E-state index contributed by atoms with van der Waals surface area (Å²) in [4.78, 5) is 30.2. The molecule has 0 spiro atoms. The summed E-state index contributed by atoms with van der Waals surface area (Å²) in [6.07, 6.45) is 1.86. The highest BCUT2D eigenvalue weighted by molar-refractivity contribution is 7.99. The summed E-state index contributed by atoms with van der Waals surface area (Å²) >= 11 is 13.2. The van der Waals surface area contributed by atoms with Crippen molar-refractivity contribution in [1.82, 2.24) is 9.55 Å². The number of ether oxygens (including phenoxy) is 1. The summed E-state index contributed by atoms with van der Waals surface area (Å²) in [6.45, 7) is 1.12. The van der Waals surface area contributed by atoms with Crippen molar-refractivity contribution >= 4 is 57.5 Å². The summed E-state index contributed by atoms with van der Waals surface area (Å²) in [5.41, 5.74) is 0.962. The number of benzene rings is 2. The molecule has 4 rings (SSSR count). The summed E-state index contributed by atoms with van der Waals surface area (Å²) < 4.78 is 7.32. The molecule has 30 heavy (non-hydrogen) atoms. The van der Waals surface area contributed by atoms with Gasteiger partial charge in [0.15, 0.2) is 5.16 Å². The van der Waals surface area contributed by atoms with E-state index in [4.69, 9.17) is 27.9 Å². The zero-order valence-corrected chi connectivity index (χ0v) is 18.3. The van der Waals surface area contributed by atoms with Gasteiger partial charge < -0.3 is 10.1 Å². The van der Waals surface area contributed by atoms with Crippen LogP contribution in [-0.2, 0) is 16.1 Å². The molecule has 1 unspecified atom stereocenters. The number of anilines is 1. The molecule has 9 heteroatoms. The van der Waals surface area contributed by atoms with Crippen LogP contribution in [0.25, 0.3) is 10.9 Å². The molecule has 6 nitrogen and oxygen atoms in total. The molecule has 0 bridgehead atoms. The van der Waals surface area contributed by atoms with Crippen LogP contribution >= 0.6 is 35.0 Å². The van der Waals surface area contributed by atoms with Crippen LogP contribution in [0.3, 0.4) is 0 Å². The smallest absolute Gasteiger partial charge is 0.262 e. The van der Waals surface area contributed by atoms with E-state index in [-0.39, 0.29) is 23.3 Å². The maximum absolute atomic E-state index is 13.1.